The number of aromatic nitrogens is 2. The molecule has 8 nitrogen and oxygen atoms in total. The van der Waals surface area contributed by atoms with E-state index in [0.717, 1.165) is 12.8 Å². The van der Waals surface area contributed by atoms with Gasteiger partial charge in [0.15, 0.2) is 0 Å². The summed E-state index contributed by atoms with van der Waals surface area (Å²) in [5.41, 5.74) is 0.107. The van der Waals surface area contributed by atoms with Gasteiger partial charge in [-0.25, -0.2) is 4.98 Å². The summed E-state index contributed by atoms with van der Waals surface area (Å²) in [6.45, 7) is 3.62. The van der Waals surface area contributed by atoms with Crippen molar-refractivity contribution in [1.82, 2.24) is 25.5 Å². The van der Waals surface area contributed by atoms with Crippen LogP contribution in [0.15, 0.2) is 18.6 Å². The molecule has 0 saturated carbocycles. The van der Waals surface area contributed by atoms with Crippen molar-refractivity contribution in [2.75, 3.05) is 19.6 Å². The molecule has 0 spiro atoms. The maximum absolute atomic E-state index is 12.2. The average molecular weight is 319 g/mol. The van der Waals surface area contributed by atoms with E-state index in [1.807, 2.05) is 0 Å². The van der Waals surface area contributed by atoms with E-state index in [0.29, 0.717) is 19.6 Å². The number of hydrogen-bond acceptors (Lipinski definition) is 5. The number of rotatable bonds is 6. The molecule has 23 heavy (non-hydrogen) atoms. The molecule has 2 N–H and O–H groups in total. The molecule has 1 fully saturated rings. The summed E-state index contributed by atoms with van der Waals surface area (Å²) in [6.07, 6.45) is 6.05. The molecule has 2 heterocycles. The van der Waals surface area contributed by atoms with Gasteiger partial charge in [0.2, 0.25) is 11.8 Å². The third kappa shape index (κ3) is 4.73. The zero-order valence-electron chi connectivity index (χ0n) is 13.1. The van der Waals surface area contributed by atoms with Gasteiger partial charge >= 0.3 is 0 Å². The lowest BCUT2D eigenvalue weighted by molar-refractivity contribution is -0.133. The van der Waals surface area contributed by atoms with E-state index >= 15 is 0 Å². The van der Waals surface area contributed by atoms with Crippen molar-refractivity contribution in [3.8, 4) is 0 Å². The molecule has 0 radical (unpaired) electrons. The van der Waals surface area contributed by atoms with Gasteiger partial charge in [0.05, 0.1) is 12.6 Å². The van der Waals surface area contributed by atoms with Crippen molar-refractivity contribution >= 4 is 17.7 Å². The first-order valence-electron chi connectivity index (χ1n) is 7.74. The first kappa shape index (κ1) is 16.9. The Morgan fingerprint density at radius 1 is 1.26 bits per heavy atom. The van der Waals surface area contributed by atoms with E-state index in [2.05, 4.69) is 20.6 Å². The number of carbonyl (C=O) groups excluding carboxylic acids is 3. The molecule has 0 unspecified atom stereocenters. The lowest BCUT2D eigenvalue weighted by Crippen LogP contribution is -2.49. The van der Waals surface area contributed by atoms with Crippen molar-refractivity contribution in [2.24, 2.45) is 0 Å². The molecule has 8 heteroatoms. The van der Waals surface area contributed by atoms with E-state index in [-0.39, 0.29) is 23.9 Å². The lowest BCUT2D eigenvalue weighted by atomic mass is 10.1. The predicted molar refractivity (Wildman–Crippen MR) is 82.4 cm³/mol. The zero-order chi connectivity index (χ0) is 16.7. The predicted octanol–water partition coefficient (Wildman–Crippen LogP) is -0.276. The standard InChI is InChI=1S/C15H21N5O3/c1-2-17-14(22)11(9-13(21)20-7-3-4-8-20)19-15(23)12-10-16-5-6-18-12/h5-6,10-11H,2-4,7-9H2,1H3,(H,17,22)(H,19,23)/t11-/m1/s1. The fourth-order valence-corrected chi connectivity index (χ4v) is 2.43. The van der Waals surface area contributed by atoms with Crippen LogP contribution in [0.2, 0.25) is 0 Å². The van der Waals surface area contributed by atoms with Gasteiger partial charge in [-0.2, -0.15) is 0 Å². The number of carbonyl (C=O) groups is 3. The summed E-state index contributed by atoms with van der Waals surface area (Å²) in [6, 6.07) is -0.919. The molecule has 1 aromatic heterocycles. The Balaban J connectivity index is 2.03. The first-order chi connectivity index (χ1) is 11.1. The van der Waals surface area contributed by atoms with E-state index < -0.39 is 11.9 Å². The number of nitrogens with zero attached hydrogens (tertiary/aromatic N) is 3. The Hall–Kier alpha value is -2.51. The Labute approximate surface area is 134 Å². The van der Waals surface area contributed by atoms with Crippen molar-refractivity contribution < 1.29 is 14.4 Å². The SMILES string of the molecule is CCNC(=O)[C@@H](CC(=O)N1CCCC1)NC(=O)c1cnccn1. The van der Waals surface area contributed by atoms with Crippen LogP contribution in [-0.4, -0.2) is 58.3 Å². The molecule has 1 atom stereocenters. The van der Waals surface area contributed by atoms with E-state index in [1.54, 1.807) is 11.8 Å². The number of likely N-dealkylation sites (tertiary alicyclic amines) is 1. The van der Waals surface area contributed by atoms with Crippen LogP contribution >= 0.6 is 0 Å². The normalized spacial score (nSPS) is 15.1. The molecule has 0 bridgehead atoms. The summed E-state index contributed by atoms with van der Waals surface area (Å²) in [7, 11) is 0. The van der Waals surface area contributed by atoms with E-state index in [4.69, 9.17) is 0 Å². The molecule has 1 aliphatic heterocycles. The third-order valence-electron chi connectivity index (χ3n) is 3.61. The van der Waals surface area contributed by atoms with Gasteiger partial charge in [0.25, 0.3) is 5.91 Å². The number of nitrogens with one attached hydrogen (secondary N) is 2. The van der Waals surface area contributed by atoms with E-state index in [1.165, 1.54) is 18.6 Å². The second kappa shape index (κ2) is 8.21. The average Bonchev–Trinajstić information content (AvgIpc) is 3.09. The number of amides is 3. The second-order valence-corrected chi connectivity index (χ2v) is 5.30. The monoisotopic (exact) mass is 319 g/mol. The molecule has 3 amide bonds. The molecule has 1 aliphatic rings. The molecule has 124 valence electrons. The first-order valence-corrected chi connectivity index (χ1v) is 7.74. The Bertz CT molecular complexity index is 557. The van der Waals surface area contributed by atoms with Gasteiger partial charge in [-0.3, -0.25) is 19.4 Å². The smallest absolute Gasteiger partial charge is 0.272 e. The molecule has 0 aromatic carbocycles. The van der Waals surface area contributed by atoms with Gasteiger partial charge in [-0.1, -0.05) is 0 Å². The summed E-state index contributed by atoms with van der Waals surface area (Å²) < 4.78 is 0. The van der Waals surface area contributed by atoms with Crippen LogP contribution in [0.4, 0.5) is 0 Å². The fraction of sp³-hybridized carbons (Fsp3) is 0.533. The van der Waals surface area contributed by atoms with Crippen LogP contribution in [0.1, 0.15) is 36.7 Å². The van der Waals surface area contributed by atoms with Gasteiger partial charge in [0, 0.05) is 32.0 Å². The minimum Gasteiger partial charge on any atom is -0.355 e. The van der Waals surface area contributed by atoms with Crippen LogP contribution in [0, 0.1) is 0 Å². The summed E-state index contributed by atoms with van der Waals surface area (Å²) >= 11 is 0. The molecule has 1 saturated heterocycles. The highest BCUT2D eigenvalue weighted by Gasteiger charge is 2.27. The fourth-order valence-electron chi connectivity index (χ4n) is 2.43. The highest BCUT2D eigenvalue weighted by molar-refractivity contribution is 5.97. The molecule has 2 rings (SSSR count). The van der Waals surface area contributed by atoms with Crippen molar-refractivity contribution in [1.29, 1.82) is 0 Å². The van der Waals surface area contributed by atoms with Gasteiger partial charge < -0.3 is 15.5 Å². The van der Waals surface area contributed by atoms with Gasteiger partial charge in [0.1, 0.15) is 11.7 Å². The molecule has 1 aromatic rings. The zero-order valence-corrected chi connectivity index (χ0v) is 13.1. The maximum Gasteiger partial charge on any atom is 0.272 e. The largest absolute Gasteiger partial charge is 0.355 e. The number of likely N-dealkylation sites (N-methyl/N-ethyl adjacent to an activating group) is 1. The lowest BCUT2D eigenvalue weighted by Gasteiger charge is -2.21. The van der Waals surface area contributed by atoms with Crippen molar-refractivity contribution in [3.05, 3.63) is 24.3 Å². The van der Waals surface area contributed by atoms with Gasteiger partial charge in [-0.05, 0) is 19.8 Å². The minimum absolute atomic E-state index is 0.0577. The third-order valence-corrected chi connectivity index (χ3v) is 3.61. The molecular weight excluding hydrogens is 298 g/mol. The van der Waals surface area contributed by atoms with E-state index in [9.17, 15) is 14.4 Å². The second-order valence-electron chi connectivity index (χ2n) is 5.30. The topological polar surface area (TPSA) is 104 Å². The van der Waals surface area contributed by atoms with Crippen LogP contribution < -0.4 is 10.6 Å². The Morgan fingerprint density at radius 2 is 2.00 bits per heavy atom. The minimum atomic E-state index is -0.919. The highest BCUT2D eigenvalue weighted by atomic mass is 16.2. The van der Waals surface area contributed by atoms with Crippen LogP contribution in [-0.2, 0) is 9.59 Å². The van der Waals surface area contributed by atoms with Crippen molar-refractivity contribution in [2.45, 2.75) is 32.2 Å². The highest BCUT2D eigenvalue weighted by Crippen LogP contribution is 2.10. The summed E-state index contributed by atoms with van der Waals surface area (Å²) in [4.78, 5) is 46.0. The summed E-state index contributed by atoms with van der Waals surface area (Å²) in [5, 5.41) is 5.21. The van der Waals surface area contributed by atoms with Gasteiger partial charge in [-0.15, -0.1) is 0 Å². The Morgan fingerprint density at radius 3 is 2.61 bits per heavy atom. The quantitative estimate of drug-likeness (QED) is 0.751. The van der Waals surface area contributed by atoms with Crippen LogP contribution in [0.5, 0.6) is 0 Å². The summed E-state index contributed by atoms with van der Waals surface area (Å²) in [5.74, 6) is -1.03. The Kier molecular flexibility index (Phi) is 6.02. The molecule has 0 aliphatic carbocycles. The van der Waals surface area contributed by atoms with Crippen LogP contribution in [0.25, 0.3) is 0 Å². The maximum atomic E-state index is 12.2. The van der Waals surface area contributed by atoms with Crippen LogP contribution in [0.3, 0.4) is 0 Å². The van der Waals surface area contributed by atoms with Crippen molar-refractivity contribution in [3.63, 3.8) is 0 Å². The number of hydrogen-bond donors (Lipinski definition) is 2. The molecular formula is C15H21N5O3.